The topological polar surface area (TPSA) is 56.0 Å². The zero-order valence-corrected chi connectivity index (χ0v) is 9.20. The number of aromatic nitrogens is 1. The number of rotatable bonds is 5. The van der Waals surface area contributed by atoms with E-state index >= 15 is 0 Å². The summed E-state index contributed by atoms with van der Waals surface area (Å²) in [6.07, 6.45) is -5.41. The zero-order chi connectivity index (χ0) is 12.2. The maximum atomic E-state index is 11.9. The summed E-state index contributed by atoms with van der Waals surface area (Å²) in [5.41, 5.74) is 5.40. The quantitative estimate of drug-likeness (QED) is 0.817. The molecule has 1 aromatic heterocycles. The van der Waals surface area contributed by atoms with Crippen molar-refractivity contribution in [3.63, 3.8) is 0 Å². The van der Waals surface area contributed by atoms with Gasteiger partial charge in [-0.05, 0) is 6.54 Å². The molecule has 0 amide bonds. The molecule has 1 rings (SSSR count). The van der Waals surface area contributed by atoms with Gasteiger partial charge >= 0.3 is 6.18 Å². The van der Waals surface area contributed by atoms with Crippen molar-refractivity contribution in [3.05, 3.63) is 16.1 Å². The van der Waals surface area contributed by atoms with E-state index in [-0.39, 0.29) is 5.69 Å². The van der Waals surface area contributed by atoms with Crippen LogP contribution in [-0.2, 0) is 6.42 Å². The molecule has 0 spiro atoms. The number of halogens is 3. The highest BCUT2D eigenvalue weighted by Gasteiger charge is 2.28. The van der Waals surface area contributed by atoms with Crippen molar-refractivity contribution in [1.82, 2.24) is 4.98 Å². The highest BCUT2D eigenvalue weighted by Crippen LogP contribution is 2.23. The first-order chi connectivity index (χ1) is 7.42. The number of ketones is 1. The first kappa shape index (κ1) is 13.1. The van der Waals surface area contributed by atoms with Gasteiger partial charge in [-0.15, -0.1) is 11.3 Å². The van der Waals surface area contributed by atoms with Crippen molar-refractivity contribution in [2.45, 2.75) is 25.4 Å². The summed E-state index contributed by atoms with van der Waals surface area (Å²) >= 11 is 1.24. The number of carbonyl (C=O) groups excluding carboxylic acids is 1. The van der Waals surface area contributed by atoms with Gasteiger partial charge in [-0.1, -0.05) is 0 Å². The monoisotopic (exact) mass is 252 g/mol. The van der Waals surface area contributed by atoms with Crippen LogP contribution in [0, 0.1) is 0 Å². The SMILES string of the molecule is NCCc1nc(C(=O)CCC(F)(F)F)cs1. The van der Waals surface area contributed by atoms with E-state index in [0.29, 0.717) is 18.0 Å². The fourth-order valence-electron chi connectivity index (χ4n) is 1.06. The number of hydrogen-bond acceptors (Lipinski definition) is 4. The molecule has 0 bridgehead atoms. The number of hydrogen-bond donors (Lipinski definition) is 1. The number of alkyl halides is 3. The van der Waals surface area contributed by atoms with Gasteiger partial charge in [0, 0.05) is 18.2 Å². The van der Waals surface area contributed by atoms with Crippen LogP contribution in [0.5, 0.6) is 0 Å². The molecule has 3 nitrogen and oxygen atoms in total. The second-order valence-electron chi connectivity index (χ2n) is 3.20. The summed E-state index contributed by atoms with van der Waals surface area (Å²) in [4.78, 5) is 15.2. The molecule has 0 fully saturated rings. The highest BCUT2D eigenvalue weighted by molar-refractivity contribution is 7.09. The number of Topliss-reactive ketones (excluding diaryl/α,β-unsaturated/α-hetero) is 1. The molecule has 1 heterocycles. The van der Waals surface area contributed by atoms with Crippen LogP contribution in [0.4, 0.5) is 13.2 Å². The standard InChI is InChI=1S/C9H11F3N2OS/c10-9(11,12)3-1-7(15)6-5-16-8(14-6)2-4-13/h5H,1-4,13H2. The summed E-state index contributed by atoms with van der Waals surface area (Å²) in [5, 5.41) is 2.15. The molecule has 2 N–H and O–H groups in total. The lowest BCUT2D eigenvalue weighted by Crippen LogP contribution is -2.11. The Morgan fingerprint density at radius 1 is 1.50 bits per heavy atom. The van der Waals surface area contributed by atoms with Crippen LogP contribution in [0.25, 0.3) is 0 Å². The molecular weight excluding hydrogens is 241 g/mol. The van der Waals surface area contributed by atoms with Crippen molar-refractivity contribution in [2.24, 2.45) is 5.73 Å². The first-order valence-electron chi connectivity index (χ1n) is 4.67. The van der Waals surface area contributed by atoms with Gasteiger partial charge in [-0.3, -0.25) is 4.79 Å². The molecule has 0 unspecified atom stereocenters. The van der Waals surface area contributed by atoms with Crippen LogP contribution in [0.15, 0.2) is 5.38 Å². The third-order valence-corrected chi connectivity index (χ3v) is 2.74. The van der Waals surface area contributed by atoms with Crippen molar-refractivity contribution in [1.29, 1.82) is 0 Å². The molecule has 0 aliphatic heterocycles. The van der Waals surface area contributed by atoms with E-state index in [1.807, 2.05) is 0 Å². The molecule has 0 atom stereocenters. The molecule has 0 aliphatic carbocycles. The van der Waals surface area contributed by atoms with E-state index in [1.165, 1.54) is 16.7 Å². The third-order valence-electron chi connectivity index (χ3n) is 1.83. The second kappa shape index (κ2) is 5.40. The second-order valence-corrected chi connectivity index (χ2v) is 4.15. The largest absolute Gasteiger partial charge is 0.389 e. The highest BCUT2D eigenvalue weighted by atomic mass is 32.1. The lowest BCUT2D eigenvalue weighted by Gasteiger charge is -2.03. The average molecular weight is 252 g/mol. The van der Waals surface area contributed by atoms with Gasteiger partial charge in [-0.25, -0.2) is 4.98 Å². The van der Waals surface area contributed by atoms with Gasteiger partial charge in [0.25, 0.3) is 0 Å². The Bertz CT molecular complexity index is 362. The molecule has 0 radical (unpaired) electrons. The van der Waals surface area contributed by atoms with Crippen molar-refractivity contribution in [3.8, 4) is 0 Å². The molecule has 90 valence electrons. The van der Waals surface area contributed by atoms with Crippen LogP contribution >= 0.6 is 11.3 Å². The van der Waals surface area contributed by atoms with Gasteiger partial charge in [0.05, 0.1) is 11.4 Å². The summed E-state index contributed by atoms with van der Waals surface area (Å²) in [6.45, 7) is 0.406. The van der Waals surface area contributed by atoms with Crippen LogP contribution in [0.3, 0.4) is 0 Å². The van der Waals surface area contributed by atoms with Gasteiger partial charge in [0.15, 0.2) is 5.78 Å². The van der Waals surface area contributed by atoms with Crippen LogP contribution in [-0.4, -0.2) is 23.5 Å². The first-order valence-corrected chi connectivity index (χ1v) is 5.55. The maximum Gasteiger partial charge on any atom is 0.389 e. The van der Waals surface area contributed by atoms with Crippen LogP contribution < -0.4 is 5.73 Å². The molecule has 0 saturated heterocycles. The Morgan fingerprint density at radius 2 is 2.19 bits per heavy atom. The summed E-state index contributed by atoms with van der Waals surface area (Å²) < 4.78 is 35.6. The van der Waals surface area contributed by atoms with Gasteiger partial charge in [0.2, 0.25) is 0 Å². The molecule has 1 aromatic rings. The fourth-order valence-corrected chi connectivity index (χ4v) is 1.88. The van der Waals surface area contributed by atoms with Crippen LogP contribution in [0.2, 0.25) is 0 Å². The predicted octanol–water partition coefficient (Wildman–Crippen LogP) is 2.17. The number of nitrogens with zero attached hydrogens (tertiary/aromatic N) is 1. The lowest BCUT2D eigenvalue weighted by atomic mass is 10.2. The Morgan fingerprint density at radius 3 is 2.75 bits per heavy atom. The Kier molecular flexibility index (Phi) is 4.43. The third kappa shape index (κ3) is 4.28. The normalized spacial score (nSPS) is 11.8. The zero-order valence-electron chi connectivity index (χ0n) is 8.38. The number of nitrogens with two attached hydrogens (primary N) is 1. The minimum Gasteiger partial charge on any atom is -0.330 e. The van der Waals surface area contributed by atoms with E-state index < -0.39 is 24.8 Å². The maximum absolute atomic E-state index is 11.9. The van der Waals surface area contributed by atoms with Gasteiger partial charge < -0.3 is 5.73 Å². The number of thiazole rings is 1. The summed E-state index contributed by atoms with van der Waals surface area (Å²) in [7, 11) is 0. The fraction of sp³-hybridized carbons (Fsp3) is 0.556. The Hall–Kier alpha value is -0.950. The molecule has 0 aromatic carbocycles. The van der Waals surface area contributed by atoms with E-state index in [2.05, 4.69) is 4.98 Å². The molecule has 7 heteroatoms. The lowest BCUT2D eigenvalue weighted by molar-refractivity contribution is -0.133. The smallest absolute Gasteiger partial charge is 0.330 e. The number of carbonyl (C=O) groups is 1. The minimum absolute atomic E-state index is 0.109. The Balaban J connectivity index is 2.53. The van der Waals surface area contributed by atoms with E-state index in [9.17, 15) is 18.0 Å². The van der Waals surface area contributed by atoms with Crippen molar-refractivity contribution in [2.75, 3.05) is 6.54 Å². The molecule has 16 heavy (non-hydrogen) atoms. The van der Waals surface area contributed by atoms with Gasteiger partial charge in [-0.2, -0.15) is 13.2 Å². The Labute approximate surface area is 94.5 Å². The molecule has 0 aliphatic rings. The average Bonchev–Trinajstić information content (AvgIpc) is 2.62. The van der Waals surface area contributed by atoms with Crippen LogP contribution in [0.1, 0.15) is 28.3 Å². The summed E-state index contributed by atoms with van der Waals surface area (Å²) in [5.74, 6) is -0.572. The van der Waals surface area contributed by atoms with Crippen molar-refractivity contribution >= 4 is 17.1 Å². The summed E-state index contributed by atoms with van der Waals surface area (Å²) in [6, 6.07) is 0. The van der Waals surface area contributed by atoms with E-state index in [1.54, 1.807) is 0 Å². The van der Waals surface area contributed by atoms with Crippen molar-refractivity contribution < 1.29 is 18.0 Å². The molecule has 0 saturated carbocycles. The predicted molar refractivity (Wildman–Crippen MR) is 54.5 cm³/mol. The minimum atomic E-state index is -4.30. The van der Waals surface area contributed by atoms with E-state index in [4.69, 9.17) is 5.73 Å². The van der Waals surface area contributed by atoms with E-state index in [0.717, 1.165) is 0 Å². The van der Waals surface area contributed by atoms with Gasteiger partial charge in [0.1, 0.15) is 5.69 Å². The molecular formula is C9H11F3N2OS.